The third-order valence-corrected chi connectivity index (χ3v) is 4.49. The van der Waals surface area contributed by atoms with E-state index in [0.29, 0.717) is 0 Å². The Morgan fingerprint density at radius 2 is 1.64 bits per heavy atom. The number of rotatable bonds is 4. The second-order valence-electron chi connectivity index (χ2n) is 8.04. The van der Waals surface area contributed by atoms with Crippen LogP contribution in [0.15, 0.2) is 42.6 Å². The molecule has 0 bridgehead atoms. The molecule has 0 saturated carbocycles. The van der Waals surface area contributed by atoms with Crippen molar-refractivity contribution >= 4 is 0 Å². The fourth-order valence-electron chi connectivity index (χ4n) is 2.73. The van der Waals surface area contributed by atoms with Crippen LogP contribution in [0.4, 0.5) is 0 Å². The number of hydrogen-bond donors (Lipinski definition) is 0. The van der Waals surface area contributed by atoms with Crippen molar-refractivity contribution in [1.29, 1.82) is 0 Å². The Labute approximate surface area is 135 Å². The van der Waals surface area contributed by atoms with E-state index in [9.17, 15) is 0 Å². The smallest absolute Gasteiger partial charge is 0.0406 e. The normalized spacial score (nSPS) is 12.5. The van der Waals surface area contributed by atoms with Crippen LogP contribution in [0.2, 0.25) is 0 Å². The lowest BCUT2D eigenvalue weighted by Crippen LogP contribution is -2.19. The van der Waals surface area contributed by atoms with E-state index in [1.807, 2.05) is 6.20 Å². The van der Waals surface area contributed by atoms with Crippen molar-refractivity contribution in [3.05, 3.63) is 65.0 Å². The van der Waals surface area contributed by atoms with E-state index in [4.69, 9.17) is 0 Å². The number of hydrogen-bond acceptors (Lipinski definition) is 1. The van der Waals surface area contributed by atoms with E-state index in [1.54, 1.807) is 0 Å². The van der Waals surface area contributed by atoms with Crippen molar-refractivity contribution < 1.29 is 0 Å². The summed E-state index contributed by atoms with van der Waals surface area (Å²) < 4.78 is 0. The SMILES string of the molecule is Cc1cccc(C(C)(C)CCc2cc(C(C)(C)C)ccn2)c1. The summed E-state index contributed by atoms with van der Waals surface area (Å²) in [6.45, 7) is 13.6. The first-order valence-corrected chi connectivity index (χ1v) is 8.21. The van der Waals surface area contributed by atoms with Crippen LogP contribution < -0.4 is 0 Å². The molecule has 1 aromatic heterocycles. The Morgan fingerprint density at radius 3 is 2.27 bits per heavy atom. The fourth-order valence-corrected chi connectivity index (χ4v) is 2.73. The summed E-state index contributed by atoms with van der Waals surface area (Å²) in [5.41, 5.74) is 5.67. The molecule has 0 atom stereocenters. The largest absolute Gasteiger partial charge is 0.261 e. The molecule has 0 aliphatic carbocycles. The highest BCUT2D eigenvalue weighted by molar-refractivity contribution is 5.29. The van der Waals surface area contributed by atoms with Gasteiger partial charge in [-0.3, -0.25) is 4.98 Å². The number of aromatic nitrogens is 1. The van der Waals surface area contributed by atoms with Gasteiger partial charge in [-0.25, -0.2) is 0 Å². The molecule has 0 unspecified atom stereocenters. The topological polar surface area (TPSA) is 12.9 Å². The predicted octanol–water partition coefficient (Wildman–Crippen LogP) is 5.60. The van der Waals surface area contributed by atoms with Gasteiger partial charge in [-0.1, -0.05) is 64.4 Å². The van der Waals surface area contributed by atoms with Crippen molar-refractivity contribution in [2.24, 2.45) is 0 Å². The Hall–Kier alpha value is -1.63. The van der Waals surface area contributed by atoms with Crippen LogP contribution in [-0.2, 0) is 17.3 Å². The molecule has 1 heterocycles. The van der Waals surface area contributed by atoms with Gasteiger partial charge in [0.05, 0.1) is 0 Å². The van der Waals surface area contributed by atoms with E-state index in [2.05, 4.69) is 82.9 Å². The summed E-state index contributed by atoms with van der Waals surface area (Å²) >= 11 is 0. The summed E-state index contributed by atoms with van der Waals surface area (Å²) in [7, 11) is 0. The van der Waals surface area contributed by atoms with Crippen molar-refractivity contribution in [2.45, 2.75) is 65.2 Å². The summed E-state index contributed by atoms with van der Waals surface area (Å²) in [5.74, 6) is 0. The Morgan fingerprint density at radius 1 is 0.909 bits per heavy atom. The van der Waals surface area contributed by atoms with E-state index < -0.39 is 0 Å². The first-order valence-electron chi connectivity index (χ1n) is 8.21. The van der Waals surface area contributed by atoms with Gasteiger partial charge in [0, 0.05) is 11.9 Å². The zero-order valence-electron chi connectivity index (χ0n) is 14.9. The molecule has 1 heteroatoms. The molecule has 0 amide bonds. The minimum absolute atomic E-state index is 0.172. The molecule has 0 radical (unpaired) electrons. The fraction of sp³-hybridized carbons (Fsp3) is 0.476. The van der Waals surface area contributed by atoms with Crippen LogP contribution in [0.25, 0.3) is 0 Å². The van der Waals surface area contributed by atoms with Crippen LogP contribution >= 0.6 is 0 Å². The molecule has 22 heavy (non-hydrogen) atoms. The number of benzene rings is 1. The highest BCUT2D eigenvalue weighted by atomic mass is 14.7. The average molecular weight is 295 g/mol. The van der Waals surface area contributed by atoms with E-state index >= 15 is 0 Å². The van der Waals surface area contributed by atoms with Gasteiger partial charge < -0.3 is 0 Å². The standard InChI is InChI=1S/C21H29N/c1-16-8-7-9-18(14-16)21(5,6)12-10-19-15-17(11-13-22-19)20(2,3)4/h7-9,11,13-15H,10,12H2,1-6H3. The number of pyridine rings is 1. The van der Waals surface area contributed by atoms with Crippen LogP contribution in [0.1, 0.15) is 63.4 Å². The monoisotopic (exact) mass is 295 g/mol. The first kappa shape index (κ1) is 16.7. The first-order chi connectivity index (χ1) is 10.2. The lowest BCUT2D eigenvalue weighted by atomic mass is 9.79. The zero-order chi connectivity index (χ0) is 16.4. The highest BCUT2D eigenvalue weighted by Gasteiger charge is 2.21. The van der Waals surface area contributed by atoms with Crippen molar-refractivity contribution in [1.82, 2.24) is 4.98 Å². The maximum atomic E-state index is 4.57. The lowest BCUT2D eigenvalue weighted by molar-refractivity contribution is 0.476. The maximum Gasteiger partial charge on any atom is 0.0406 e. The van der Waals surface area contributed by atoms with Crippen molar-refractivity contribution in [2.75, 3.05) is 0 Å². The summed E-state index contributed by atoms with van der Waals surface area (Å²) in [5, 5.41) is 0. The lowest BCUT2D eigenvalue weighted by Gasteiger charge is -2.26. The molecule has 0 N–H and O–H groups in total. The molecule has 2 aromatic rings. The van der Waals surface area contributed by atoms with Crippen LogP contribution in [0.5, 0.6) is 0 Å². The van der Waals surface area contributed by atoms with E-state index in [0.717, 1.165) is 12.8 Å². The van der Waals surface area contributed by atoms with Gasteiger partial charge in [0.1, 0.15) is 0 Å². The second-order valence-corrected chi connectivity index (χ2v) is 8.04. The molecule has 2 rings (SSSR count). The summed E-state index contributed by atoms with van der Waals surface area (Å²) in [6, 6.07) is 13.3. The number of aryl methyl sites for hydroxylation is 2. The van der Waals surface area contributed by atoms with Gasteiger partial charge in [0.2, 0.25) is 0 Å². The molecule has 0 fully saturated rings. The molecular weight excluding hydrogens is 266 g/mol. The molecule has 0 spiro atoms. The minimum atomic E-state index is 0.172. The van der Waals surface area contributed by atoms with Crippen LogP contribution in [-0.4, -0.2) is 4.98 Å². The zero-order valence-corrected chi connectivity index (χ0v) is 14.9. The second kappa shape index (κ2) is 6.24. The van der Waals surface area contributed by atoms with Gasteiger partial charge in [0.15, 0.2) is 0 Å². The summed E-state index contributed by atoms with van der Waals surface area (Å²) in [6.07, 6.45) is 4.08. The predicted molar refractivity (Wildman–Crippen MR) is 95.5 cm³/mol. The van der Waals surface area contributed by atoms with Gasteiger partial charge in [-0.05, 0) is 53.9 Å². The van der Waals surface area contributed by atoms with Gasteiger partial charge in [-0.2, -0.15) is 0 Å². The summed E-state index contributed by atoms with van der Waals surface area (Å²) in [4.78, 5) is 4.57. The maximum absolute atomic E-state index is 4.57. The van der Waals surface area contributed by atoms with Crippen LogP contribution in [0, 0.1) is 6.92 Å². The van der Waals surface area contributed by atoms with Gasteiger partial charge >= 0.3 is 0 Å². The Balaban J connectivity index is 2.12. The molecule has 118 valence electrons. The van der Waals surface area contributed by atoms with E-state index in [1.165, 1.54) is 22.4 Å². The molecular formula is C21H29N. The van der Waals surface area contributed by atoms with Crippen molar-refractivity contribution in [3.8, 4) is 0 Å². The quantitative estimate of drug-likeness (QED) is 0.715. The highest BCUT2D eigenvalue weighted by Crippen LogP contribution is 2.29. The molecule has 0 saturated heterocycles. The Kier molecular flexibility index (Phi) is 4.75. The molecule has 0 aliphatic rings. The molecule has 1 aromatic carbocycles. The average Bonchev–Trinajstić information content (AvgIpc) is 2.45. The van der Waals surface area contributed by atoms with E-state index in [-0.39, 0.29) is 10.8 Å². The molecule has 0 aliphatic heterocycles. The molecule has 1 nitrogen and oxygen atoms in total. The van der Waals surface area contributed by atoms with Gasteiger partial charge in [0.25, 0.3) is 0 Å². The Bertz CT molecular complexity index is 632. The minimum Gasteiger partial charge on any atom is -0.261 e. The van der Waals surface area contributed by atoms with Gasteiger partial charge in [-0.15, -0.1) is 0 Å². The van der Waals surface area contributed by atoms with Crippen molar-refractivity contribution in [3.63, 3.8) is 0 Å². The third-order valence-electron chi connectivity index (χ3n) is 4.49. The van der Waals surface area contributed by atoms with Crippen LogP contribution in [0.3, 0.4) is 0 Å². The third kappa shape index (κ3) is 4.19. The number of nitrogens with zero attached hydrogens (tertiary/aromatic N) is 1.